The van der Waals surface area contributed by atoms with Crippen LogP contribution in [-0.4, -0.2) is 32.6 Å². The number of benzene rings is 1. The molecule has 0 radical (unpaired) electrons. The Balaban J connectivity index is 1.46. The molecule has 0 spiro atoms. The van der Waals surface area contributed by atoms with Crippen LogP contribution in [0.3, 0.4) is 0 Å². The summed E-state index contributed by atoms with van der Waals surface area (Å²) in [6.45, 7) is 0.547. The molecule has 4 rings (SSSR count). The average molecular weight is 340 g/mol. The van der Waals surface area contributed by atoms with Gasteiger partial charge in [0.1, 0.15) is 5.75 Å². The van der Waals surface area contributed by atoms with Gasteiger partial charge in [0.05, 0.1) is 36.5 Å². The number of amides is 1. The number of para-hydroxylation sites is 1. The number of phenols is 1. The number of nitrogens with one attached hydrogen (secondary N) is 1. The van der Waals surface area contributed by atoms with E-state index in [0.717, 1.165) is 17.0 Å². The molecule has 2 N–H and O–H groups in total. The summed E-state index contributed by atoms with van der Waals surface area (Å²) in [5.41, 5.74) is 3.43. The molecule has 3 aliphatic heterocycles. The average Bonchev–Trinajstić information content (AvgIpc) is 3.24. The Hall–Kier alpha value is -2.67. The minimum atomic E-state index is -0.0380. The third-order valence-corrected chi connectivity index (χ3v) is 4.78. The largest absolute Gasteiger partial charge is 0.507 e. The van der Waals surface area contributed by atoms with E-state index in [1.807, 2.05) is 41.0 Å². The summed E-state index contributed by atoms with van der Waals surface area (Å²) < 4.78 is 5.06. The highest BCUT2D eigenvalue weighted by Crippen LogP contribution is 2.29. The van der Waals surface area contributed by atoms with Gasteiger partial charge in [-0.05, 0) is 29.9 Å². The van der Waals surface area contributed by atoms with Crippen LogP contribution in [-0.2, 0) is 4.79 Å². The van der Waals surface area contributed by atoms with E-state index in [0.29, 0.717) is 24.9 Å². The number of fused-ring (bicyclic) bond motifs is 1. The summed E-state index contributed by atoms with van der Waals surface area (Å²) in [5, 5.41) is 15.8. The Bertz CT molecular complexity index is 813. The minimum absolute atomic E-state index is 0.0380. The SMILES string of the molecule is O=C(CC1=CC2=CNSN2C=C1)N1CCC(c2ccccc2O)=N1. The highest BCUT2D eigenvalue weighted by Gasteiger charge is 2.24. The molecule has 1 amide bonds. The Morgan fingerprint density at radius 3 is 3.12 bits per heavy atom. The molecular formula is C17H16N4O2S. The maximum atomic E-state index is 12.5. The number of hydrogen-bond acceptors (Lipinski definition) is 6. The van der Waals surface area contributed by atoms with Crippen molar-refractivity contribution in [1.82, 2.24) is 14.0 Å². The molecule has 0 saturated heterocycles. The van der Waals surface area contributed by atoms with Gasteiger partial charge in [0.25, 0.3) is 0 Å². The molecular weight excluding hydrogens is 324 g/mol. The minimum Gasteiger partial charge on any atom is -0.507 e. The second-order valence-electron chi connectivity index (χ2n) is 5.65. The van der Waals surface area contributed by atoms with E-state index >= 15 is 0 Å². The first kappa shape index (κ1) is 14.9. The van der Waals surface area contributed by atoms with Crippen molar-refractivity contribution in [2.45, 2.75) is 12.8 Å². The summed E-state index contributed by atoms with van der Waals surface area (Å²) in [6, 6.07) is 7.08. The third kappa shape index (κ3) is 2.78. The number of allylic oxidation sites excluding steroid dienone is 2. The van der Waals surface area contributed by atoms with Crippen molar-refractivity contribution < 1.29 is 9.90 Å². The van der Waals surface area contributed by atoms with Gasteiger partial charge in [0.15, 0.2) is 0 Å². The van der Waals surface area contributed by atoms with Crippen LogP contribution in [0.2, 0.25) is 0 Å². The fourth-order valence-corrected chi connectivity index (χ4v) is 3.42. The molecule has 0 fully saturated rings. The number of rotatable bonds is 3. The Morgan fingerprint density at radius 2 is 2.25 bits per heavy atom. The number of carbonyl (C=O) groups excluding carboxylic acids is 1. The topological polar surface area (TPSA) is 68.2 Å². The highest BCUT2D eigenvalue weighted by atomic mass is 32.2. The molecule has 0 saturated carbocycles. The predicted molar refractivity (Wildman–Crippen MR) is 93.5 cm³/mol. The first-order chi connectivity index (χ1) is 11.7. The zero-order valence-corrected chi connectivity index (χ0v) is 13.7. The highest BCUT2D eigenvalue weighted by molar-refractivity contribution is 7.95. The number of phenolic OH excluding ortho intramolecular Hbond substituents is 1. The third-order valence-electron chi connectivity index (χ3n) is 4.03. The Kier molecular flexibility index (Phi) is 3.78. The van der Waals surface area contributed by atoms with Crippen molar-refractivity contribution >= 4 is 23.8 Å². The van der Waals surface area contributed by atoms with Gasteiger partial charge in [-0.25, -0.2) is 5.01 Å². The Labute approximate surface area is 144 Å². The predicted octanol–water partition coefficient (Wildman–Crippen LogP) is 2.48. The van der Waals surface area contributed by atoms with Crippen LogP contribution in [0.5, 0.6) is 5.75 Å². The fraction of sp³-hybridized carbons (Fsp3) is 0.176. The summed E-state index contributed by atoms with van der Waals surface area (Å²) in [6.07, 6.45) is 8.75. The van der Waals surface area contributed by atoms with Crippen LogP contribution in [0.15, 0.2) is 65.2 Å². The molecule has 7 heteroatoms. The van der Waals surface area contributed by atoms with Crippen molar-refractivity contribution in [1.29, 1.82) is 0 Å². The molecule has 122 valence electrons. The smallest absolute Gasteiger partial charge is 0.247 e. The van der Waals surface area contributed by atoms with Gasteiger partial charge in [-0.2, -0.15) is 5.10 Å². The van der Waals surface area contributed by atoms with E-state index in [-0.39, 0.29) is 11.7 Å². The van der Waals surface area contributed by atoms with Gasteiger partial charge in [0.2, 0.25) is 5.91 Å². The summed E-state index contributed by atoms with van der Waals surface area (Å²) in [4.78, 5) is 12.5. The number of nitrogens with zero attached hydrogens (tertiary/aromatic N) is 3. The molecule has 0 atom stereocenters. The number of hydrazone groups is 1. The van der Waals surface area contributed by atoms with E-state index < -0.39 is 0 Å². The molecule has 3 heterocycles. The van der Waals surface area contributed by atoms with Crippen LogP contribution in [0.4, 0.5) is 0 Å². The summed E-state index contributed by atoms with van der Waals surface area (Å²) in [7, 11) is 0. The zero-order chi connectivity index (χ0) is 16.5. The van der Waals surface area contributed by atoms with Gasteiger partial charge in [-0.3, -0.25) is 9.10 Å². The number of carbonyl (C=O) groups is 1. The van der Waals surface area contributed by atoms with E-state index in [1.165, 1.54) is 17.1 Å². The van der Waals surface area contributed by atoms with Crippen molar-refractivity contribution in [3.8, 4) is 5.75 Å². The van der Waals surface area contributed by atoms with Gasteiger partial charge >= 0.3 is 0 Å². The molecule has 0 aliphatic carbocycles. The second kappa shape index (κ2) is 6.09. The van der Waals surface area contributed by atoms with E-state index in [9.17, 15) is 9.90 Å². The maximum absolute atomic E-state index is 12.5. The molecule has 0 bridgehead atoms. The molecule has 3 aliphatic rings. The van der Waals surface area contributed by atoms with Crippen molar-refractivity contribution in [2.75, 3.05) is 6.54 Å². The van der Waals surface area contributed by atoms with Crippen LogP contribution in [0.25, 0.3) is 0 Å². The van der Waals surface area contributed by atoms with E-state index in [4.69, 9.17) is 0 Å². The number of hydrogen-bond donors (Lipinski definition) is 2. The molecule has 0 aromatic heterocycles. The summed E-state index contributed by atoms with van der Waals surface area (Å²) >= 11 is 1.49. The lowest BCUT2D eigenvalue weighted by molar-refractivity contribution is -0.129. The Morgan fingerprint density at radius 1 is 1.38 bits per heavy atom. The van der Waals surface area contributed by atoms with Gasteiger partial charge in [-0.1, -0.05) is 12.1 Å². The normalized spacial score (nSPS) is 18.8. The molecule has 6 nitrogen and oxygen atoms in total. The van der Waals surface area contributed by atoms with Crippen molar-refractivity contribution in [3.05, 3.63) is 65.7 Å². The van der Waals surface area contributed by atoms with Crippen LogP contribution in [0, 0.1) is 0 Å². The molecule has 1 aromatic carbocycles. The quantitative estimate of drug-likeness (QED) is 0.828. The fourth-order valence-electron chi connectivity index (χ4n) is 2.80. The monoisotopic (exact) mass is 340 g/mol. The first-order valence-electron chi connectivity index (χ1n) is 7.67. The van der Waals surface area contributed by atoms with Gasteiger partial charge in [-0.15, -0.1) is 0 Å². The van der Waals surface area contributed by atoms with E-state index in [2.05, 4.69) is 9.82 Å². The molecule has 24 heavy (non-hydrogen) atoms. The molecule has 0 unspecified atom stereocenters. The molecule has 1 aromatic rings. The van der Waals surface area contributed by atoms with Crippen LogP contribution >= 0.6 is 12.1 Å². The van der Waals surface area contributed by atoms with Gasteiger partial charge in [0, 0.05) is 24.4 Å². The van der Waals surface area contributed by atoms with Gasteiger partial charge < -0.3 is 9.83 Å². The van der Waals surface area contributed by atoms with Crippen LogP contribution in [0.1, 0.15) is 18.4 Å². The van der Waals surface area contributed by atoms with Crippen molar-refractivity contribution in [2.24, 2.45) is 5.10 Å². The first-order valence-corrected chi connectivity index (χ1v) is 8.45. The number of aromatic hydroxyl groups is 1. The van der Waals surface area contributed by atoms with Crippen molar-refractivity contribution in [3.63, 3.8) is 0 Å². The lowest BCUT2D eigenvalue weighted by Gasteiger charge is -2.18. The maximum Gasteiger partial charge on any atom is 0.247 e. The lowest BCUT2D eigenvalue weighted by atomic mass is 10.1. The standard InChI is InChI=1S/C17H16N4O2S/c22-16-4-2-1-3-14(16)15-6-7-20(19-15)17(23)10-12-5-8-21-13(9-12)11-18-24-21/h1-5,8-9,11,18,22H,6-7,10H2. The summed E-state index contributed by atoms with van der Waals surface area (Å²) in [5.74, 6) is 0.158. The second-order valence-corrected chi connectivity index (χ2v) is 6.46. The lowest BCUT2D eigenvalue weighted by Crippen LogP contribution is -2.23. The van der Waals surface area contributed by atoms with Crippen LogP contribution < -0.4 is 4.72 Å². The van der Waals surface area contributed by atoms with E-state index in [1.54, 1.807) is 12.1 Å². The zero-order valence-electron chi connectivity index (χ0n) is 12.8.